The van der Waals surface area contributed by atoms with E-state index in [0.29, 0.717) is 0 Å². The third-order valence-corrected chi connectivity index (χ3v) is 11.3. The van der Waals surface area contributed by atoms with E-state index in [4.69, 9.17) is 0 Å². The number of fused-ring (bicyclic) bond motifs is 2. The van der Waals surface area contributed by atoms with Crippen molar-refractivity contribution in [1.29, 1.82) is 0 Å². The average Bonchev–Trinajstić information content (AvgIpc) is 2.32. The molecule has 0 aromatic rings. The molecule has 3 rings (SSSR count). The van der Waals surface area contributed by atoms with Gasteiger partial charge in [-0.2, -0.15) is 0 Å². The first kappa shape index (κ1) is 12.4. The summed E-state index contributed by atoms with van der Waals surface area (Å²) in [5.74, 6) is 0. The van der Waals surface area contributed by atoms with Gasteiger partial charge in [0.1, 0.15) is 0 Å². The van der Waals surface area contributed by atoms with Gasteiger partial charge in [-0.1, -0.05) is 68.9 Å². The summed E-state index contributed by atoms with van der Waals surface area (Å²) in [6.45, 7) is 0. The summed E-state index contributed by atoms with van der Waals surface area (Å²) in [4.78, 5) is 0. The van der Waals surface area contributed by atoms with Gasteiger partial charge in [0.2, 0.25) is 0 Å². The second-order valence-corrected chi connectivity index (χ2v) is 10.6. The molecule has 0 spiro atoms. The second kappa shape index (κ2) is 6.03. The molecule has 3 fully saturated rings. The number of hydrogen-bond donors (Lipinski definition) is 0. The summed E-state index contributed by atoms with van der Waals surface area (Å²) < 4.78 is 0. The molecular weight excluding hydrogens is 272 g/mol. The fourth-order valence-electron chi connectivity index (χ4n) is 2.85. The average molecular weight is 293 g/mol. The predicted molar refractivity (Wildman–Crippen MR) is 82.5 cm³/mol. The van der Waals surface area contributed by atoms with Gasteiger partial charge >= 0.3 is 0 Å². The van der Waals surface area contributed by atoms with E-state index in [-0.39, 0.29) is 0 Å². The van der Waals surface area contributed by atoms with Crippen LogP contribution in [0.15, 0.2) is 0 Å². The standard InChI is InChI=1S/C12H20S4/c1-2-6-10-9(5-1)13-15-11-7-3-4-8-12(11)16-14-10/h9-12H,1-8H2/t9-,10?,11?,12-/m1/s1. The molecule has 3 aliphatic rings. The molecule has 2 unspecified atom stereocenters. The van der Waals surface area contributed by atoms with Crippen LogP contribution in [-0.2, 0) is 0 Å². The first-order valence-electron chi connectivity index (χ1n) is 6.58. The summed E-state index contributed by atoms with van der Waals surface area (Å²) in [5, 5.41) is 3.83. The Balaban J connectivity index is 1.63. The van der Waals surface area contributed by atoms with Gasteiger partial charge in [0.15, 0.2) is 0 Å². The quantitative estimate of drug-likeness (QED) is 0.549. The Morgan fingerprint density at radius 3 is 0.938 bits per heavy atom. The lowest BCUT2D eigenvalue weighted by molar-refractivity contribution is 0.524. The molecule has 1 saturated heterocycles. The second-order valence-electron chi connectivity index (χ2n) is 5.11. The summed E-state index contributed by atoms with van der Waals surface area (Å²) in [6.07, 6.45) is 11.8. The largest absolute Gasteiger partial charge is 0.0892 e. The highest BCUT2D eigenvalue weighted by Crippen LogP contribution is 2.54. The van der Waals surface area contributed by atoms with Crippen LogP contribution < -0.4 is 0 Å². The van der Waals surface area contributed by atoms with Crippen molar-refractivity contribution in [3.8, 4) is 0 Å². The van der Waals surface area contributed by atoms with Crippen LogP contribution in [0.1, 0.15) is 51.4 Å². The lowest BCUT2D eigenvalue weighted by Gasteiger charge is -2.38. The molecule has 2 aliphatic carbocycles. The highest BCUT2D eigenvalue weighted by atomic mass is 33.1. The topological polar surface area (TPSA) is 0 Å². The Hall–Kier alpha value is 1.40. The molecular formula is C12H20S4. The number of hydrogen-bond acceptors (Lipinski definition) is 4. The van der Waals surface area contributed by atoms with Crippen LogP contribution in [-0.4, -0.2) is 21.0 Å². The van der Waals surface area contributed by atoms with Gasteiger partial charge in [-0.05, 0) is 25.7 Å². The van der Waals surface area contributed by atoms with E-state index in [2.05, 4.69) is 43.2 Å². The van der Waals surface area contributed by atoms with Gasteiger partial charge in [0.05, 0.1) is 0 Å². The zero-order valence-corrected chi connectivity index (χ0v) is 12.9. The van der Waals surface area contributed by atoms with Crippen LogP contribution in [0.2, 0.25) is 0 Å². The Morgan fingerprint density at radius 1 is 0.438 bits per heavy atom. The maximum absolute atomic E-state index is 2.25. The summed E-state index contributed by atoms with van der Waals surface area (Å²) in [7, 11) is 9.00. The van der Waals surface area contributed by atoms with Crippen LogP contribution >= 0.6 is 43.2 Å². The Bertz CT molecular complexity index is 185. The summed E-state index contributed by atoms with van der Waals surface area (Å²) >= 11 is 0. The lowest BCUT2D eigenvalue weighted by atomic mass is 10.00. The van der Waals surface area contributed by atoms with E-state index >= 15 is 0 Å². The Labute approximate surface area is 115 Å². The monoisotopic (exact) mass is 292 g/mol. The van der Waals surface area contributed by atoms with E-state index < -0.39 is 0 Å². The van der Waals surface area contributed by atoms with Crippen LogP contribution in [0.5, 0.6) is 0 Å². The molecule has 4 heteroatoms. The minimum Gasteiger partial charge on any atom is -0.0892 e. The minimum atomic E-state index is 0.958. The lowest BCUT2D eigenvalue weighted by Crippen LogP contribution is -2.29. The molecule has 0 aromatic carbocycles. The maximum Gasteiger partial charge on any atom is 0.0278 e. The molecule has 1 aliphatic heterocycles. The molecule has 0 radical (unpaired) electrons. The SMILES string of the molecule is C1CC[C@H]2SSC3CCCC[C@H]3SSC2C1. The molecule has 0 aromatic heterocycles. The first-order valence-corrected chi connectivity index (χ1v) is 11.1. The van der Waals surface area contributed by atoms with Crippen molar-refractivity contribution >= 4 is 43.2 Å². The van der Waals surface area contributed by atoms with Crippen LogP contribution in [0.25, 0.3) is 0 Å². The Morgan fingerprint density at radius 2 is 0.688 bits per heavy atom. The van der Waals surface area contributed by atoms with E-state index in [9.17, 15) is 0 Å². The van der Waals surface area contributed by atoms with E-state index in [0.717, 1.165) is 21.0 Å². The number of rotatable bonds is 0. The van der Waals surface area contributed by atoms with E-state index in [1.165, 1.54) is 51.4 Å². The zero-order chi connectivity index (χ0) is 10.8. The van der Waals surface area contributed by atoms with Gasteiger partial charge in [0, 0.05) is 21.0 Å². The normalized spacial score (nSPS) is 45.0. The van der Waals surface area contributed by atoms with Crippen LogP contribution in [0.3, 0.4) is 0 Å². The van der Waals surface area contributed by atoms with Crippen molar-refractivity contribution in [3.05, 3.63) is 0 Å². The maximum atomic E-state index is 2.25. The molecule has 1 heterocycles. The molecule has 2 saturated carbocycles. The first-order chi connectivity index (χ1) is 7.93. The minimum absolute atomic E-state index is 0.958. The molecule has 4 atom stereocenters. The van der Waals surface area contributed by atoms with Crippen LogP contribution in [0, 0.1) is 0 Å². The fourth-order valence-corrected chi connectivity index (χ4v) is 11.5. The Kier molecular flexibility index (Phi) is 4.69. The van der Waals surface area contributed by atoms with Crippen molar-refractivity contribution in [2.24, 2.45) is 0 Å². The van der Waals surface area contributed by atoms with Crippen molar-refractivity contribution in [2.45, 2.75) is 72.4 Å². The van der Waals surface area contributed by atoms with Gasteiger partial charge in [-0.15, -0.1) is 0 Å². The van der Waals surface area contributed by atoms with E-state index in [1.807, 2.05) is 0 Å². The van der Waals surface area contributed by atoms with Gasteiger partial charge in [-0.3, -0.25) is 0 Å². The van der Waals surface area contributed by atoms with E-state index in [1.54, 1.807) is 0 Å². The summed E-state index contributed by atoms with van der Waals surface area (Å²) in [5.41, 5.74) is 0. The molecule has 0 N–H and O–H groups in total. The predicted octanol–water partition coefficient (Wildman–Crippen LogP) is 5.39. The fraction of sp³-hybridized carbons (Fsp3) is 1.00. The smallest absolute Gasteiger partial charge is 0.0278 e. The van der Waals surface area contributed by atoms with Gasteiger partial charge < -0.3 is 0 Å². The third-order valence-electron chi connectivity index (χ3n) is 3.89. The summed E-state index contributed by atoms with van der Waals surface area (Å²) in [6, 6.07) is 0. The highest BCUT2D eigenvalue weighted by molar-refractivity contribution is 8.80. The van der Waals surface area contributed by atoms with Gasteiger partial charge in [-0.25, -0.2) is 0 Å². The van der Waals surface area contributed by atoms with Crippen molar-refractivity contribution in [2.75, 3.05) is 0 Å². The molecule has 0 nitrogen and oxygen atoms in total. The van der Waals surface area contributed by atoms with Crippen molar-refractivity contribution < 1.29 is 0 Å². The molecule has 0 amide bonds. The van der Waals surface area contributed by atoms with Crippen molar-refractivity contribution in [3.63, 3.8) is 0 Å². The van der Waals surface area contributed by atoms with Gasteiger partial charge in [0.25, 0.3) is 0 Å². The molecule has 16 heavy (non-hydrogen) atoms. The molecule has 0 bridgehead atoms. The third kappa shape index (κ3) is 2.86. The van der Waals surface area contributed by atoms with Crippen molar-refractivity contribution in [1.82, 2.24) is 0 Å². The molecule has 92 valence electrons. The van der Waals surface area contributed by atoms with Crippen LogP contribution in [0.4, 0.5) is 0 Å². The zero-order valence-electron chi connectivity index (χ0n) is 9.60. The highest BCUT2D eigenvalue weighted by Gasteiger charge is 2.35.